The molecule has 0 radical (unpaired) electrons. The summed E-state index contributed by atoms with van der Waals surface area (Å²) in [4.78, 5) is 7.45. The third kappa shape index (κ3) is 3.07. The SMILES string of the molecule is CNc1nc(Nc2cn(C3CC4[C@H](C3)C4(F)F)nc2Cl)ncc1C(F)(F)F. The number of hydrogen-bond donors (Lipinski definition) is 2. The van der Waals surface area contributed by atoms with E-state index in [0.717, 1.165) is 0 Å². The lowest BCUT2D eigenvalue weighted by atomic mass is 10.1. The molecule has 3 atom stereocenters. The van der Waals surface area contributed by atoms with Gasteiger partial charge in [-0.2, -0.15) is 23.3 Å². The average Bonchev–Trinajstić information content (AvgIpc) is 2.99. The summed E-state index contributed by atoms with van der Waals surface area (Å²) in [5.41, 5.74) is -0.714. The van der Waals surface area contributed by atoms with Crippen LogP contribution in [0.5, 0.6) is 0 Å². The van der Waals surface area contributed by atoms with Crippen LogP contribution in [-0.4, -0.2) is 32.7 Å². The van der Waals surface area contributed by atoms with Gasteiger partial charge >= 0.3 is 6.18 Å². The minimum atomic E-state index is -4.59. The molecule has 2 aromatic heterocycles. The highest BCUT2D eigenvalue weighted by atomic mass is 35.5. The fraction of sp³-hybridized carbons (Fsp3) is 0.533. The Balaban J connectivity index is 1.52. The van der Waals surface area contributed by atoms with Crippen LogP contribution in [0.4, 0.5) is 39.4 Å². The number of nitrogens with zero attached hydrogens (tertiary/aromatic N) is 4. The van der Waals surface area contributed by atoms with Gasteiger partial charge in [-0.05, 0) is 12.8 Å². The quantitative estimate of drug-likeness (QED) is 0.736. The highest BCUT2D eigenvalue weighted by Gasteiger charge is 2.71. The second-order valence-electron chi connectivity index (χ2n) is 6.65. The molecular formula is C15H14ClF5N6. The summed E-state index contributed by atoms with van der Waals surface area (Å²) in [5.74, 6) is -4.29. The average molecular weight is 409 g/mol. The Morgan fingerprint density at radius 1 is 1.26 bits per heavy atom. The molecule has 0 spiro atoms. The Kier molecular flexibility index (Phi) is 3.99. The number of halogens is 6. The molecule has 2 aromatic rings. The molecule has 0 amide bonds. The van der Waals surface area contributed by atoms with Crippen molar-refractivity contribution in [3.63, 3.8) is 0 Å². The monoisotopic (exact) mass is 408 g/mol. The van der Waals surface area contributed by atoms with Gasteiger partial charge in [0.05, 0.1) is 17.9 Å². The molecular weight excluding hydrogens is 395 g/mol. The minimum Gasteiger partial charge on any atom is -0.372 e. The topological polar surface area (TPSA) is 67.7 Å². The summed E-state index contributed by atoms with van der Waals surface area (Å²) in [7, 11) is 1.31. The molecule has 0 saturated heterocycles. The van der Waals surface area contributed by atoms with E-state index < -0.39 is 29.5 Å². The largest absolute Gasteiger partial charge is 0.421 e. The number of alkyl halides is 5. The summed E-state index contributed by atoms with van der Waals surface area (Å²) in [6, 6.07) is -0.186. The molecule has 0 aromatic carbocycles. The maximum absolute atomic E-state index is 13.3. The first kappa shape index (κ1) is 18.2. The zero-order chi connectivity index (χ0) is 19.6. The van der Waals surface area contributed by atoms with Crippen LogP contribution in [0.25, 0.3) is 0 Å². The van der Waals surface area contributed by atoms with Gasteiger partial charge in [0.15, 0.2) is 5.15 Å². The van der Waals surface area contributed by atoms with Crippen molar-refractivity contribution in [3.8, 4) is 0 Å². The van der Waals surface area contributed by atoms with Crippen molar-refractivity contribution in [2.45, 2.75) is 31.0 Å². The van der Waals surface area contributed by atoms with Crippen molar-refractivity contribution in [1.29, 1.82) is 0 Å². The van der Waals surface area contributed by atoms with E-state index in [1.54, 1.807) is 0 Å². The van der Waals surface area contributed by atoms with Crippen molar-refractivity contribution in [2.24, 2.45) is 11.8 Å². The summed E-state index contributed by atoms with van der Waals surface area (Å²) >= 11 is 6.06. The van der Waals surface area contributed by atoms with Crippen molar-refractivity contribution in [1.82, 2.24) is 19.7 Å². The third-order valence-corrected chi connectivity index (χ3v) is 5.33. The zero-order valence-corrected chi connectivity index (χ0v) is 14.6. The summed E-state index contributed by atoms with van der Waals surface area (Å²) in [6.07, 6.45) is -1.78. The Labute approximate surface area is 155 Å². The zero-order valence-electron chi connectivity index (χ0n) is 13.9. The van der Waals surface area contributed by atoms with E-state index in [1.807, 2.05) is 0 Å². The Hall–Kier alpha value is -2.17. The van der Waals surface area contributed by atoms with Crippen LogP contribution < -0.4 is 10.6 Å². The molecule has 27 heavy (non-hydrogen) atoms. The van der Waals surface area contributed by atoms with Gasteiger partial charge < -0.3 is 10.6 Å². The van der Waals surface area contributed by atoms with Gasteiger partial charge in [0.25, 0.3) is 5.92 Å². The van der Waals surface area contributed by atoms with E-state index in [1.165, 1.54) is 17.9 Å². The highest BCUT2D eigenvalue weighted by molar-refractivity contribution is 6.32. The number of fused-ring (bicyclic) bond motifs is 1. The van der Waals surface area contributed by atoms with E-state index in [9.17, 15) is 22.0 Å². The Morgan fingerprint density at radius 3 is 2.52 bits per heavy atom. The maximum atomic E-state index is 13.3. The van der Waals surface area contributed by atoms with E-state index in [2.05, 4.69) is 25.7 Å². The fourth-order valence-corrected chi connectivity index (χ4v) is 3.79. The number of hydrogen-bond acceptors (Lipinski definition) is 5. The number of nitrogens with one attached hydrogen (secondary N) is 2. The van der Waals surface area contributed by atoms with Crippen LogP contribution >= 0.6 is 11.6 Å². The summed E-state index contributed by atoms with van der Waals surface area (Å²) < 4.78 is 66.8. The molecule has 2 saturated carbocycles. The standard InChI is InChI=1S/C15H14ClF5N6/c1-22-12-9(15(19,20)21)4-23-13(25-12)24-10-5-27(26-11(10)16)6-2-7-8(3-6)14(7,17)18/h4-8H,2-3H2,1H3,(H2,22,23,24,25)/t6?,7-,8?/m0/s1. The lowest BCUT2D eigenvalue weighted by Gasteiger charge is -2.14. The molecule has 2 unspecified atom stereocenters. The lowest BCUT2D eigenvalue weighted by molar-refractivity contribution is -0.137. The molecule has 146 valence electrons. The van der Waals surface area contributed by atoms with Gasteiger partial charge in [-0.1, -0.05) is 11.6 Å². The molecule has 2 aliphatic rings. The third-order valence-electron chi connectivity index (χ3n) is 5.06. The van der Waals surface area contributed by atoms with Crippen LogP contribution in [-0.2, 0) is 6.18 Å². The van der Waals surface area contributed by atoms with Crippen LogP contribution in [0, 0.1) is 11.8 Å². The van der Waals surface area contributed by atoms with Crippen LogP contribution in [0.15, 0.2) is 12.4 Å². The van der Waals surface area contributed by atoms with E-state index >= 15 is 0 Å². The molecule has 6 nitrogen and oxygen atoms in total. The number of aromatic nitrogens is 4. The van der Waals surface area contributed by atoms with Gasteiger partial charge in [-0.3, -0.25) is 4.68 Å². The lowest BCUT2D eigenvalue weighted by Crippen LogP contribution is -2.13. The first-order chi connectivity index (χ1) is 12.6. The molecule has 0 bridgehead atoms. The van der Waals surface area contributed by atoms with E-state index in [-0.39, 0.29) is 28.6 Å². The van der Waals surface area contributed by atoms with Crippen molar-refractivity contribution >= 4 is 29.1 Å². The molecule has 2 aliphatic carbocycles. The smallest absolute Gasteiger partial charge is 0.372 e. The van der Waals surface area contributed by atoms with E-state index in [0.29, 0.717) is 19.0 Å². The van der Waals surface area contributed by atoms with Gasteiger partial charge in [0.2, 0.25) is 5.95 Å². The maximum Gasteiger partial charge on any atom is 0.421 e. The normalized spacial score (nSPS) is 26.0. The summed E-state index contributed by atoms with van der Waals surface area (Å²) in [5, 5.41) is 9.26. The highest BCUT2D eigenvalue weighted by Crippen LogP contribution is 2.66. The first-order valence-electron chi connectivity index (χ1n) is 8.12. The van der Waals surface area contributed by atoms with Crippen LogP contribution in [0.3, 0.4) is 0 Å². The molecule has 0 aliphatic heterocycles. The number of rotatable bonds is 4. The first-order valence-corrected chi connectivity index (χ1v) is 8.50. The predicted octanol–water partition coefficient (Wildman–Crippen LogP) is 4.35. The van der Waals surface area contributed by atoms with E-state index in [4.69, 9.17) is 11.6 Å². The fourth-order valence-electron chi connectivity index (χ4n) is 3.60. The summed E-state index contributed by atoms with van der Waals surface area (Å²) in [6.45, 7) is 0. The molecule has 2 heterocycles. The number of anilines is 3. The van der Waals surface area contributed by atoms with Gasteiger partial charge in [-0.15, -0.1) is 0 Å². The van der Waals surface area contributed by atoms with Crippen molar-refractivity contribution in [2.75, 3.05) is 17.7 Å². The Morgan fingerprint density at radius 2 is 1.93 bits per heavy atom. The van der Waals surface area contributed by atoms with Crippen molar-refractivity contribution in [3.05, 3.63) is 23.1 Å². The van der Waals surface area contributed by atoms with Gasteiger partial charge in [0, 0.05) is 25.1 Å². The second kappa shape index (κ2) is 5.91. The molecule has 4 rings (SSSR count). The van der Waals surface area contributed by atoms with Crippen molar-refractivity contribution < 1.29 is 22.0 Å². The van der Waals surface area contributed by atoms with Gasteiger partial charge in [-0.25, -0.2) is 13.8 Å². The van der Waals surface area contributed by atoms with Crippen LogP contribution in [0.2, 0.25) is 5.15 Å². The molecule has 2 N–H and O–H groups in total. The predicted molar refractivity (Wildman–Crippen MR) is 87.3 cm³/mol. The Bertz CT molecular complexity index is 868. The van der Waals surface area contributed by atoms with Gasteiger partial charge in [0.1, 0.15) is 11.4 Å². The second-order valence-corrected chi connectivity index (χ2v) is 7.01. The molecule has 12 heteroatoms. The van der Waals surface area contributed by atoms with Crippen LogP contribution in [0.1, 0.15) is 24.4 Å². The minimum absolute atomic E-state index is 0.0526. The molecule has 2 fully saturated rings.